The molecule has 2 aromatic heterocycles. The predicted molar refractivity (Wildman–Crippen MR) is 119 cm³/mol. The van der Waals surface area contributed by atoms with Crippen LogP contribution in [0.1, 0.15) is 16.7 Å². The third-order valence-corrected chi connectivity index (χ3v) is 5.55. The molecule has 0 aliphatic heterocycles. The molecule has 0 aliphatic rings. The molecule has 0 unspecified atom stereocenters. The molecule has 164 valence electrons. The minimum absolute atomic E-state index is 0.210. The molecule has 0 bridgehead atoms. The largest absolute Gasteiger partial charge is 0.473 e. The van der Waals surface area contributed by atoms with E-state index in [1.165, 1.54) is 17.2 Å². The van der Waals surface area contributed by atoms with Crippen molar-refractivity contribution in [3.63, 3.8) is 0 Å². The summed E-state index contributed by atoms with van der Waals surface area (Å²) < 4.78 is 15.6. The van der Waals surface area contributed by atoms with E-state index in [2.05, 4.69) is 34.7 Å². The van der Waals surface area contributed by atoms with E-state index in [9.17, 15) is 4.39 Å². The highest BCUT2D eigenvalue weighted by Gasteiger charge is 2.13. The first kappa shape index (κ1) is 23.0. The average molecular weight is 453 g/mol. The fraction of sp³-hybridized carbons (Fsp3) is 0.130. The van der Waals surface area contributed by atoms with E-state index in [1.54, 1.807) is 30.1 Å². The first-order valence-electron chi connectivity index (χ1n) is 9.54. The van der Waals surface area contributed by atoms with E-state index >= 15 is 0 Å². The van der Waals surface area contributed by atoms with E-state index < -0.39 is 11.9 Å². The van der Waals surface area contributed by atoms with Crippen LogP contribution < -0.4 is 0 Å². The van der Waals surface area contributed by atoms with Gasteiger partial charge in [-0.15, -0.1) is 0 Å². The number of halogens is 1. The topological polar surface area (TPSA) is 105 Å². The zero-order chi connectivity index (χ0) is 23.1. The molecular weight excluding hydrogens is 433 g/mol. The predicted octanol–water partition coefficient (Wildman–Crippen LogP) is 4.38. The number of aromatic nitrogens is 3. The van der Waals surface area contributed by atoms with Crippen LogP contribution in [0.3, 0.4) is 0 Å². The van der Waals surface area contributed by atoms with Gasteiger partial charge in [0.2, 0.25) is 0 Å². The zero-order valence-electron chi connectivity index (χ0n) is 17.1. The van der Waals surface area contributed by atoms with Gasteiger partial charge in [0.15, 0.2) is 10.8 Å². The quantitative estimate of drug-likeness (QED) is 0.341. The van der Waals surface area contributed by atoms with Gasteiger partial charge in [0, 0.05) is 11.9 Å². The minimum Gasteiger partial charge on any atom is -0.473 e. The van der Waals surface area contributed by atoms with Crippen molar-refractivity contribution >= 4 is 34.9 Å². The number of hydrogen-bond donors (Lipinski definition) is 2. The number of hydrogen-bond acceptors (Lipinski definition) is 5. The molecule has 2 N–H and O–H groups in total. The monoisotopic (exact) mass is 453 g/mol. The van der Waals surface area contributed by atoms with Gasteiger partial charge < -0.3 is 10.2 Å². The molecule has 4 aromatic rings. The van der Waals surface area contributed by atoms with Gasteiger partial charge in [-0.1, -0.05) is 48.2 Å². The average Bonchev–Trinajstić information content (AvgIpc) is 3.12. The highest BCUT2D eigenvalue weighted by atomic mass is 32.2. The Balaban J connectivity index is 0.000000427. The molecule has 9 heteroatoms. The number of pyridine rings is 1. The van der Waals surface area contributed by atoms with Crippen LogP contribution in [0.15, 0.2) is 72.0 Å². The standard InChI is InChI=1S/C21H18FN3S.C2H2O4/c1-15-6-2-3-8-17(15)13-25-20-19(10-5-11-23-20)24-21(25)26-14-16-7-4-9-18(22)12-16;3-1(4)2(5)6/h2-12H,13-14H2,1H3;(H,3,4)(H,5,6). The molecule has 0 amide bonds. The summed E-state index contributed by atoms with van der Waals surface area (Å²) in [6.07, 6.45) is 1.79. The van der Waals surface area contributed by atoms with E-state index in [0.717, 1.165) is 21.9 Å². The Morgan fingerprint density at radius 1 is 1.03 bits per heavy atom. The summed E-state index contributed by atoms with van der Waals surface area (Å²) in [6.45, 7) is 2.83. The number of nitrogens with zero attached hydrogens (tertiary/aromatic N) is 3. The van der Waals surface area contributed by atoms with E-state index in [1.807, 2.05) is 24.3 Å². The molecule has 0 fully saturated rings. The summed E-state index contributed by atoms with van der Waals surface area (Å²) in [5, 5.41) is 15.7. The van der Waals surface area contributed by atoms with Gasteiger partial charge in [0.25, 0.3) is 0 Å². The second-order valence-corrected chi connectivity index (χ2v) is 7.72. The summed E-state index contributed by atoms with van der Waals surface area (Å²) in [5.41, 5.74) is 5.18. The number of imidazole rings is 1. The third-order valence-electron chi connectivity index (χ3n) is 4.50. The molecular formula is C23H20FN3O4S. The van der Waals surface area contributed by atoms with E-state index in [-0.39, 0.29) is 5.82 Å². The number of carbonyl (C=O) groups is 2. The fourth-order valence-corrected chi connectivity index (χ4v) is 3.87. The minimum atomic E-state index is -1.82. The molecule has 0 saturated carbocycles. The van der Waals surface area contributed by atoms with Crippen LogP contribution in [-0.2, 0) is 21.9 Å². The van der Waals surface area contributed by atoms with Gasteiger partial charge in [0.05, 0.1) is 6.54 Å². The molecule has 4 rings (SSSR count). The summed E-state index contributed by atoms with van der Waals surface area (Å²) in [6, 6.07) is 18.9. The van der Waals surface area contributed by atoms with Crippen molar-refractivity contribution in [2.45, 2.75) is 24.4 Å². The Morgan fingerprint density at radius 2 is 1.78 bits per heavy atom. The Bertz CT molecular complexity index is 1250. The van der Waals surface area contributed by atoms with Crippen LogP contribution in [0, 0.1) is 12.7 Å². The lowest BCUT2D eigenvalue weighted by Crippen LogP contribution is -2.09. The molecule has 0 saturated heterocycles. The number of benzene rings is 2. The number of aryl methyl sites for hydroxylation is 1. The van der Waals surface area contributed by atoms with Crippen molar-refractivity contribution in [2.75, 3.05) is 0 Å². The zero-order valence-corrected chi connectivity index (χ0v) is 17.9. The second-order valence-electron chi connectivity index (χ2n) is 6.78. The Kier molecular flexibility index (Phi) is 7.56. The van der Waals surface area contributed by atoms with E-state index in [4.69, 9.17) is 24.8 Å². The van der Waals surface area contributed by atoms with Gasteiger partial charge in [0.1, 0.15) is 11.3 Å². The maximum atomic E-state index is 13.4. The third kappa shape index (κ3) is 5.92. The normalized spacial score (nSPS) is 10.4. The molecule has 2 heterocycles. The molecule has 0 aliphatic carbocycles. The van der Waals surface area contributed by atoms with Crippen molar-refractivity contribution in [1.29, 1.82) is 0 Å². The van der Waals surface area contributed by atoms with Crippen molar-refractivity contribution in [2.24, 2.45) is 0 Å². The maximum absolute atomic E-state index is 13.4. The van der Waals surface area contributed by atoms with Crippen molar-refractivity contribution in [1.82, 2.24) is 14.5 Å². The fourth-order valence-electron chi connectivity index (χ4n) is 2.92. The molecule has 0 radical (unpaired) electrons. The molecule has 0 atom stereocenters. The first-order valence-corrected chi connectivity index (χ1v) is 10.5. The second kappa shape index (κ2) is 10.5. The summed E-state index contributed by atoms with van der Waals surface area (Å²) >= 11 is 1.60. The number of carboxylic acids is 2. The molecule has 7 nitrogen and oxygen atoms in total. The smallest absolute Gasteiger partial charge is 0.414 e. The van der Waals surface area contributed by atoms with Crippen LogP contribution in [0.5, 0.6) is 0 Å². The lowest BCUT2D eigenvalue weighted by Gasteiger charge is -2.10. The van der Waals surface area contributed by atoms with Crippen LogP contribution >= 0.6 is 11.8 Å². The lowest BCUT2D eigenvalue weighted by molar-refractivity contribution is -0.159. The summed E-state index contributed by atoms with van der Waals surface area (Å²) in [5.74, 6) is -3.20. The van der Waals surface area contributed by atoms with Crippen LogP contribution in [0.25, 0.3) is 11.2 Å². The summed E-state index contributed by atoms with van der Waals surface area (Å²) in [7, 11) is 0. The van der Waals surface area contributed by atoms with Crippen LogP contribution in [0.2, 0.25) is 0 Å². The van der Waals surface area contributed by atoms with Gasteiger partial charge >= 0.3 is 11.9 Å². The number of aliphatic carboxylic acids is 2. The Hall–Kier alpha value is -3.72. The number of fused-ring (bicyclic) bond motifs is 1. The van der Waals surface area contributed by atoms with Crippen LogP contribution in [0.4, 0.5) is 4.39 Å². The SMILES string of the molecule is Cc1ccccc1Cn1c(SCc2cccc(F)c2)nc2cccnc21.O=C(O)C(=O)O. The Labute approximate surface area is 187 Å². The van der Waals surface area contributed by atoms with E-state index in [0.29, 0.717) is 12.3 Å². The van der Waals surface area contributed by atoms with Gasteiger partial charge in [-0.05, 0) is 47.9 Å². The van der Waals surface area contributed by atoms with Crippen molar-refractivity contribution in [3.05, 3.63) is 89.4 Å². The maximum Gasteiger partial charge on any atom is 0.414 e. The van der Waals surface area contributed by atoms with Gasteiger partial charge in [-0.25, -0.2) is 23.9 Å². The van der Waals surface area contributed by atoms with Crippen molar-refractivity contribution < 1.29 is 24.2 Å². The molecule has 0 spiro atoms. The summed E-state index contributed by atoms with van der Waals surface area (Å²) in [4.78, 5) is 27.5. The molecule has 32 heavy (non-hydrogen) atoms. The van der Waals surface area contributed by atoms with Crippen LogP contribution in [-0.4, -0.2) is 36.7 Å². The lowest BCUT2D eigenvalue weighted by atomic mass is 10.1. The van der Waals surface area contributed by atoms with Gasteiger partial charge in [-0.2, -0.15) is 0 Å². The Morgan fingerprint density at radius 3 is 2.47 bits per heavy atom. The highest BCUT2D eigenvalue weighted by molar-refractivity contribution is 7.98. The highest BCUT2D eigenvalue weighted by Crippen LogP contribution is 2.27. The first-order chi connectivity index (χ1) is 15.3. The number of rotatable bonds is 5. The number of thioether (sulfide) groups is 1. The molecule has 2 aromatic carbocycles. The van der Waals surface area contributed by atoms with Gasteiger partial charge in [-0.3, -0.25) is 4.57 Å². The number of carboxylic acid groups (broad SMARTS) is 2. The van der Waals surface area contributed by atoms with Crippen molar-refractivity contribution in [3.8, 4) is 0 Å².